The molecule has 0 fully saturated rings. The zero-order valence-electron chi connectivity index (χ0n) is 14.9. The number of phenolic OH excluding ortho intramolecular Hbond substituents is 5. The highest BCUT2D eigenvalue weighted by Gasteiger charge is 2.21. The van der Waals surface area contributed by atoms with Crippen molar-refractivity contribution >= 4 is 11.0 Å². The Kier molecular flexibility index (Phi) is 4.61. The molecule has 0 aliphatic carbocycles. The Labute approximate surface area is 154 Å². The average Bonchev–Trinajstić information content (AvgIpc) is 2.57. The van der Waals surface area contributed by atoms with Gasteiger partial charge in [-0.2, -0.15) is 0 Å². The average molecular weight is 372 g/mol. The molecule has 0 atom stereocenters. The van der Waals surface area contributed by atoms with Gasteiger partial charge in [-0.15, -0.1) is 0 Å². The van der Waals surface area contributed by atoms with Crippen LogP contribution in [0.2, 0.25) is 0 Å². The second-order valence-electron chi connectivity index (χ2n) is 6.87. The number of rotatable bonds is 4. The van der Waals surface area contributed by atoms with Crippen LogP contribution in [0.4, 0.5) is 0 Å². The summed E-state index contributed by atoms with van der Waals surface area (Å²) in [4.78, 5) is 13.0. The van der Waals surface area contributed by atoms with E-state index < -0.39 is 28.4 Å². The minimum Gasteiger partial charge on any atom is -0.508 e. The van der Waals surface area contributed by atoms with Crippen LogP contribution in [-0.4, -0.2) is 25.5 Å². The Bertz CT molecular complexity index is 1060. The Balaban J connectivity index is 2.35. The molecule has 0 unspecified atom stereocenters. The molecule has 0 saturated carbocycles. The van der Waals surface area contributed by atoms with Crippen molar-refractivity contribution < 1.29 is 29.9 Å². The summed E-state index contributed by atoms with van der Waals surface area (Å²) in [5.41, 5.74) is -0.0469. The molecule has 5 N–H and O–H groups in total. The van der Waals surface area contributed by atoms with Crippen LogP contribution in [0.3, 0.4) is 0 Å². The first kappa shape index (κ1) is 18.4. The van der Waals surface area contributed by atoms with E-state index in [1.54, 1.807) is 0 Å². The van der Waals surface area contributed by atoms with Gasteiger partial charge in [-0.1, -0.05) is 13.8 Å². The standard InChI is InChI=1S/C20H20O7/c1-9(2)3-4-12-18(25)17-13(22)7-11(21)8-16(17)27-20(12)10-5-14(23)19(26)15(24)6-10/h5-9,21-24,26H,3-4H2,1-2H3. The van der Waals surface area contributed by atoms with E-state index in [-0.39, 0.29) is 33.6 Å². The van der Waals surface area contributed by atoms with E-state index in [0.717, 1.165) is 6.07 Å². The molecule has 0 aliphatic heterocycles. The van der Waals surface area contributed by atoms with Crippen LogP contribution in [0.25, 0.3) is 22.3 Å². The summed E-state index contributed by atoms with van der Waals surface area (Å²) in [6.45, 7) is 3.99. The van der Waals surface area contributed by atoms with Crippen LogP contribution in [0.1, 0.15) is 25.8 Å². The van der Waals surface area contributed by atoms with Crippen LogP contribution in [0.5, 0.6) is 28.7 Å². The van der Waals surface area contributed by atoms with Gasteiger partial charge in [0, 0.05) is 23.3 Å². The summed E-state index contributed by atoms with van der Waals surface area (Å²) in [5.74, 6) is -2.11. The molecule has 0 amide bonds. The van der Waals surface area contributed by atoms with E-state index in [9.17, 15) is 30.3 Å². The first-order chi connectivity index (χ1) is 12.7. The number of aromatic hydroxyl groups is 5. The van der Waals surface area contributed by atoms with Crippen LogP contribution in [-0.2, 0) is 6.42 Å². The van der Waals surface area contributed by atoms with Crippen molar-refractivity contribution in [1.82, 2.24) is 0 Å². The number of hydrogen-bond acceptors (Lipinski definition) is 7. The summed E-state index contributed by atoms with van der Waals surface area (Å²) in [5, 5.41) is 48.9. The van der Waals surface area contributed by atoms with E-state index in [1.807, 2.05) is 13.8 Å². The summed E-state index contributed by atoms with van der Waals surface area (Å²) in [6.07, 6.45) is 1.01. The monoisotopic (exact) mass is 372 g/mol. The van der Waals surface area contributed by atoms with E-state index in [2.05, 4.69) is 0 Å². The molecule has 142 valence electrons. The second-order valence-corrected chi connectivity index (χ2v) is 6.87. The van der Waals surface area contributed by atoms with Crippen LogP contribution in [0.15, 0.2) is 33.5 Å². The zero-order chi connectivity index (χ0) is 19.9. The maximum absolute atomic E-state index is 13.0. The van der Waals surface area contributed by atoms with Crippen molar-refractivity contribution in [2.75, 3.05) is 0 Å². The van der Waals surface area contributed by atoms with E-state index in [4.69, 9.17) is 4.42 Å². The fourth-order valence-electron chi connectivity index (χ4n) is 2.95. The number of fused-ring (bicyclic) bond motifs is 1. The van der Waals surface area contributed by atoms with Gasteiger partial charge in [0.2, 0.25) is 0 Å². The SMILES string of the molecule is CC(C)CCc1c(-c2cc(O)c(O)c(O)c2)oc2cc(O)cc(O)c2c1=O. The van der Waals surface area contributed by atoms with E-state index in [0.29, 0.717) is 18.8 Å². The van der Waals surface area contributed by atoms with Gasteiger partial charge < -0.3 is 29.9 Å². The molecule has 0 saturated heterocycles. The molecule has 0 radical (unpaired) electrons. The molecule has 1 aromatic heterocycles. The predicted octanol–water partition coefficient (Wildman–Crippen LogP) is 3.58. The summed E-state index contributed by atoms with van der Waals surface area (Å²) < 4.78 is 5.78. The Morgan fingerprint density at radius 1 is 0.926 bits per heavy atom. The van der Waals surface area contributed by atoms with Gasteiger partial charge >= 0.3 is 0 Å². The fraction of sp³-hybridized carbons (Fsp3) is 0.250. The highest BCUT2D eigenvalue weighted by Crippen LogP contribution is 2.41. The maximum atomic E-state index is 13.0. The van der Waals surface area contributed by atoms with Gasteiger partial charge in [0.15, 0.2) is 22.7 Å². The molecule has 1 heterocycles. The minimum absolute atomic E-state index is 0.0344. The molecule has 7 heteroatoms. The zero-order valence-corrected chi connectivity index (χ0v) is 14.9. The molecular formula is C20H20O7. The third-order valence-electron chi connectivity index (χ3n) is 4.36. The van der Waals surface area contributed by atoms with Crippen molar-refractivity contribution in [2.45, 2.75) is 26.7 Å². The van der Waals surface area contributed by atoms with Crippen LogP contribution in [0, 0.1) is 5.92 Å². The lowest BCUT2D eigenvalue weighted by Gasteiger charge is -2.13. The maximum Gasteiger partial charge on any atom is 0.200 e. The first-order valence-electron chi connectivity index (χ1n) is 8.46. The third kappa shape index (κ3) is 3.36. The normalized spacial score (nSPS) is 11.4. The molecule has 27 heavy (non-hydrogen) atoms. The fourth-order valence-corrected chi connectivity index (χ4v) is 2.95. The van der Waals surface area contributed by atoms with Gasteiger partial charge in [0.25, 0.3) is 0 Å². The van der Waals surface area contributed by atoms with E-state index in [1.165, 1.54) is 18.2 Å². The molecular weight excluding hydrogens is 352 g/mol. The molecule has 3 aromatic rings. The van der Waals surface area contributed by atoms with Crippen molar-refractivity contribution in [2.24, 2.45) is 5.92 Å². The predicted molar refractivity (Wildman–Crippen MR) is 99.4 cm³/mol. The van der Waals surface area contributed by atoms with Gasteiger partial charge in [-0.05, 0) is 30.9 Å². The summed E-state index contributed by atoms with van der Waals surface area (Å²) in [7, 11) is 0. The van der Waals surface area contributed by atoms with Gasteiger partial charge in [-0.25, -0.2) is 0 Å². The van der Waals surface area contributed by atoms with Crippen molar-refractivity contribution in [3.63, 3.8) is 0 Å². The van der Waals surface area contributed by atoms with Gasteiger partial charge in [0.05, 0.1) is 0 Å². The Morgan fingerprint density at radius 2 is 1.56 bits per heavy atom. The highest BCUT2D eigenvalue weighted by atomic mass is 16.3. The Morgan fingerprint density at radius 3 is 2.15 bits per heavy atom. The Hall–Kier alpha value is -3.35. The van der Waals surface area contributed by atoms with Crippen molar-refractivity contribution in [3.05, 3.63) is 40.1 Å². The van der Waals surface area contributed by atoms with Crippen LogP contribution < -0.4 is 5.43 Å². The topological polar surface area (TPSA) is 131 Å². The summed E-state index contributed by atoms with van der Waals surface area (Å²) >= 11 is 0. The molecule has 0 bridgehead atoms. The van der Waals surface area contributed by atoms with Crippen molar-refractivity contribution in [1.29, 1.82) is 0 Å². The lowest BCUT2D eigenvalue weighted by atomic mass is 9.97. The number of benzene rings is 2. The summed E-state index contributed by atoms with van der Waals surface area (Å²) in [6, 6.07) is 4.59. The van der Waals surface area contributed by atoms with E-state index >= 15 is 0 Å². The lowest BCUT2D eigenvalue weighted by Crippen LogP contribution is -2.12. The van der Waals surface area contributed by atoms with Crippen LogP contribution >= 0.6 is 0 Å². The quantitative estimate of drug-likeness (QED) is 0.442. The second kappa shape index (κ2) is 6.75. The lowest BCUT2D eigenvalue weighted by molar-refractivity contribution is 0.368. The molecule has 0 aliphatic rings. The highest BCUT2D eigenvalue weighted by molar-refractivity contribution is 5.87. The molecule has 0 spiro atoms. The number of phenols is 5. The first-order valence-corrected chi connectivity index (χ1v) is 8.46. The molecule has 3 rings (SSSR count). The van der Waals surface area contributed by atoms with Crippen molar-refractivity contribution in [3.8, 4) is 40.1 Å². The molecule has 2 aromatic carbocycles. The molecule has 7 nitrogen and oxygen atoms in total. The number of hydrogen-bond donors (Lipinski definition) is 5. The van der Waals surface area contributed by atoms with Gasteiger partial charge in [0.1, 0.15) is 28.2 Å². The van der Waals surface area contributed by atoms with Gasteiger partial charge in [-0.3, -0.25) is 4.79 Å². The third-order valence-corrected chi connectivity index (χ3v) is 4.36. The minimum atomic E-state index is -0.680. The largest absolute Gasteiger partial charge is 0.508 e. The smallest absolute Gasteiger partial charge is 0.200 e.